The van der Waals surface area contributed by atoms with E-state index in [0.717, 1.165) is 11.5 Å². The van der Waals surface area contributed by atoms with Crippen molar-refractivity contribution in [2.24, 2.45) is 0 Å². The second-order valence-corrected chi connectivity index (χ2v) is 2.28. The molecule has 1 heterocycles. The van der Waals surface area contributed by atoms with Gasteiger partial charge in [0.1, 0.15) is 5.82 Å². The molecule has 1 N–H and O–H groups in total. The molecular formula is C8H10N2O2. The Morgan fingerprint density at radius 3 is 3.00 bits per heavy atom. The molecule has 1 aromatic heterocycles. The van der Waals surface area contributed by atoms with Gasteiger partial charge in [0.15, 0.2) is 0 Å². The molecule has 0 aliphatic heterocycles. The summed E-state index contributed by atoms with van der Waals surface area (Å²) in [7, 11) is 1.34. The smallest absolute Gasteiger partial charge is 0.330 e. The van der Waals surface area contributed by atoms with Crippen LogP contribution < -0.4 is 0 Å². The molecule has 64 valence electrons. The van der Waals surface area contributed by atoms with Crippen molar-refractivity contribution in [2.45, 2.75) is 6.92 Å². The topological polar surface area (TPSA) is 55.0 Å². The van der Waals surface area contributed by atoms with Crippen molar-refractivity contribution < 1.29 is 9.53 Å². The molecule has 0 atom stereocenters. The van der Waals surface area contributed by atoms with Crippen LogP contribution in [0.4, 0.5) is 0 Å². The highest BCUT2D eigenvalue weighted by atomic mass is 16.5. The highest BCUT2D eigenvalue weighted by Crippen LogP contribution is 1.98. The van der Waals surface area contributed by atoms with E-state index >= 15 is 0 Å². The number of hydrogen-bond acceptors (Lipinski definition) is 3. The van der Waals surface area contributed by atoms with Gasteiger partial charge in [-0.05, 0) is 13.0 Å². The van der Waals surface area contributed by atoms with Crippen LogP contribution in [-0.2, 0) is 9.53 Å². The van der Waals surface area contributed by atoms with Crippen LogP contribution >= 0.6 is 0 Å². The maximum Gasteiger partial charge on any atom is 0.330 e. The largest absolute Gasteiger partial charge is 0.466 e. The summed E-state index contributed by atoms with van der Waals surface area (Å²) in [5.74, 6) is 0.446. The number of hydrogen-bond donors (Lipinski definition) is 1. The van der Waals surface area contributed by atoms with Crippen molar-refractivity contribution in [1.29, 1.82) is 0 Å². The van der Waals surface area contributed by atoms with E-state index in [1.54, 1.807) is 12.3 Å². The molecule has 4 nitrogen and oxygen atoms in total. The van der Waals surface area contributed by atoms with Gasteiger partial charge >= 0.3 is 5.97 Å². The number of carbonyl (C=O) groups is 1. The first-order valence-corrected chi connectivity index (χ1v) is 3.50. The molecule has 0 amide bonds. The summed E-state index contributed by atoms with van der Waals surface area (Å²) >= 11 is 0. The molecular weight excluding hydrogens is 156 g/mol. The fraction of sp³-hybridized carbons (Fsp3) is 0.250. The lowest BCUT2D eigenvalue weighted by molar-refractivity contribution is -0.134. The zero-order valence-electron chi connectivity index (χ0n) is 7.00. The lowest BCUT2D eigenvalue weighted by Crippen LogP contribution is -1.93. The third-order valence-corrected chi connectivity index (χ3v) is 1.32. The molecule has 4 heteroatoms. The van der Waals surface area contributed by atoms with Crippen LogP contribution in [0.15, 0.2) is 12.3 Å². The summed E-state index contributed by atoms with van der Waals surface area (Å²) < 4.78 is 4.42. The Morgan fingerprint density at radius 2 is 2.50 bits per heavy atom. The number of H-pyrrole nitrogens is 1. The molecule has 0 aliphatic carbocycles. The van der Waals surface area contributed by atoms with E-state index in [9.17, 15) is 4.79 Å². The van der Waals surface area contributed by atoms with E-state index < -0.39 is 0 Å². The molecule has 0 aliphatic rings. The molecule has 0 spiro atoms. The number of imidazole rings is 1. The van der Waals surface area contributed by atoms with Crippen molar-refractivity contribution in [2.75, 3.05) is 7.11 Å². The molecule has 0 fully saturated rings. The number of nitrogens with zero attached hydrogens (tertiary/aromatic N) is 1. The summed E-state index contributed by atoms with van der Waals surface area (Å²) in [5, 5.41) is 0. The van der Waals surface area contributed by atoms with E-state index in [-0.39, 0.29) is 5.97 Å². The number of ether oxygens (including phenoxy) is 1. The molecule has 12 heavy (non-hydrogen) atoms. The van der Waals surface area contributed by atoms with Crippen molar-refractivity contribution in [3.8, 4) is 0 Å². The van der Waals surface area contributed by atoms with Crippen LogP contribution in [0.3, 0.4) is 0 Å². The Bertz CT molecular complexity index is 302. The van der Waals surface area contributed by atoms with Gasteiger partial charge in [-0.1, -0.05) is 0 Å². The predicted octanol–water partition coefficient (Wildman–Crippen LogP) is 0.904. The Kier molecular flexibility index (Phi) is 2.63. The zero-order valence-corrected chi connectivity index (χ0v) is 7.00. The van der Waals surface area contributed by atoms with Gasteiger partial charge in [-0.3, -0.25) is 0 Å². The lowest BCUT2D eigenvalue weighted by atomic mass is 10.4. The fourth-order valence-electron chi connectivity index (χ4n) is 0.750. The number of aryl methyl sites for hydroxylation is 1. The maximum absolute atomic E-state index is 10.6. The number of aromatic nitrogens is 2. The highest BCUT2D eigenvalue weighted by Gasteiger charge is 1.93. The van der Waals surface area contributed by atoms with Crippen molar-refractivity contribution >= 4 is 12.0 Å². The summed E-state index contributed by atoms with van der Waals surface area (Å²) in [5.41, 5.74) is 0.790. The van der Waals surface area contributed by atoms with Gasteiger partial charge < -0.3 is 9.72 Å². The quantitative estimate of drug-likeness (QED) is 0.524. The third-order valence-electron chi connectivity index (χ3n) is 1.32. The molecule has 0 unspecified atom stereocenters. The normalized spacial score (nSPS) is 10.5. The van der Waals surface area contributed by atoms with E-state index in [1.165, 1.54) is 13.2 Å². The van der Waals surface area contributed by atoms with Crippen molar-refractivity contribution in [3.05, 3.63) is 23.8 Å². The minimum Gasteiger partial charge on any atom is -0.466 e. The van der Waals surface area contributed by atoms with Gasteiger partial charge in [-0.2, -0.15) is 0 Å². The number of aromatic amines is 1. The van der Waals surface area contributed by atoms with Gasteiger partial charge in [-0.15, -0.1) is 0 Å². The Balaban J connectivity index is 2.63. The van der Waals surface area contributed by atoms with Crippen LogP contribution in [0.5, 0.6) is 0 Å². The van der Waals surface area contributed by atoms with Crippen LogP contribution in [0.1, 0.15) is 11.5 Å². The predicted molar refractivity (Wildman–Crippen MR) is 44.4 cm³/mol. The van der Waals surface area contributed by atoms with Crippen LogP contribution in [0.25, 0.3) is 6.08 Å². The van der Waals surface area contributed by atoms with Crippen molar-refractivity contribution in [1.82, 2.24) is 9.97 Å². The van der Waals surface area contributed by atoms with Gasteiger partial charge in [0.05, 0.1) is 19.0 Å². The first-order chi connectivity index (χ1) is 5.72. The van der Waals surface area contributed by atoms with E-state index in [0.29, 0.717) is 0 Å². The summed E-state index contributed by atoms with van der Waals surface area (Å²) in [6, 6.07) is 0. The fourth-order valence-corrected chi connectivity index (χ4v) is 0.750. The minimum atomic E-state index is -0.373. The Labute approximate surface area is 70.3 Å². The second-order valence-electron chi connectivity index (χ2n) is 2.28. The van der Waals surface area contributed by atoms with E-state index in [1.807, 2.05) is 6.92 Å². The van der Waals surface area contributed by atoms with Gasteiger partial charge in [0, 0.05) is 6.08 Å². The van der Waals surface area contributed by atoms with Crippen molar-refractivity contribution in [3.63, 3.8) is 0 Å². The molecule has 0 saturated heterocycles. The molecule has 0 radical (unpaired) electrons. The number of esters is 1. The Morgan fingerprint density at radius 1 is 1.75 bits per heavy atom. The molecule has 0 saturated carbocycles. The van der Waals surface area contributed by atoms with Crippen LogP contribution in [0, 0.1) is 6.92 Å². The standard InChI is InChI=1S/C8H10N2O2/c1-6-9-5-7(10-6)3-4-8(11)12-2/h3-5H,1-2H3,(H,9,10)/b4-3+. The SMILES string of the molecule is COC(=O)/C=C/c1cnc(C)[nH]1. The summed E-state index contributed by atoms with van der Waals surface area (Å²) in [6.07, 6.45) is 4.60. The molecule has 1 rings (SSSR count). The maximum atomic E-state index is 10.6. The monoisotopic (exact) mass is 166 g/mol. The number of methoxy groups -OCH3 is 1. The van der Waals surface area contributed by atoms with Gasteiger partial charge in [0.25, 0.3) is 0 Å². The summed E-state index contributed by atoms with van der Waals surface area (Å²) in [6.45, 7) is 1.84. The zero-order chi connectivity index (χ0) is 8.97. The first kappa shape index (κ1) is 8.52. The van der Waals surface area contributed by atoms with Crippen LogP contribution in [-0.4, -0.2) is 23.0 Å². The van der Waals surface area contributed by atoms with E-state index in [2.05, 4.69) is 14.7 Å². The molecule has 0 aromatic carbocycles. The Hall–Kier alpha value is -1.58. The third kappa shape index (κ3) is 2.23. The second kappa shape index (κ2) is 3.71. The summed E-state index contributed by atoms with van der Waals surface area (Å²) in [4.78, 5) is 17.6. The number of nitrogens with one attached hydrogen (secondary N) is 1. The average molecular weight is 166 g/mol. The number of carbonyl (C=O) groups excluding carboxylic acids is 1. The average Bonchev–Trinajstić information content (AvgIpc) is 2.47. The number of rotatable bonds is 2. The molecule has 0 bridgehead atoms. The molecule has 1 aromatic rings. The lowest BCUT2D eigenvalue weighted by Gasteiger charge is -1.87. The van der Waals surface area contributed by atoms with Gasteiger partial charge in [-0.25, -0.2) is 9.78 Å². The minimum absolute atomic E-state index is 0.373. The first-order valence-electron chi connectivity index (χ1n) is 3.50. The highest BCUT2D eigenvalue weighted by molar-refractivity contribution is 5.86. The van der Waals surface area contributed by atoms with Gasteiger partial charge in [0.2, 0.25) is 0 Å². The van der Waals surface area contributed by atoms with E-state index in [4.69, 9.17) is 0 Å². The van der Waals surface area contributed by atoms with Crippen LogP contribution in [0.2, 0.25) is 0 Å².